The number of carbonyl (C=O) groups excluding carboxylic acids is 2. The van der Waals surface area contributed by atoms with E-state index < -0.39 is 107 Å². The summed E-state index contributed by atoms with van der Waals surface area (Å²) in [6.45, 7) is 23.0. The summed E-state index contributed by atoms with van der Waals surface area (Å²) in [5, 5.41) is 66.8. The van der Waals surface area contributed by atoms with Crippen LogP contribution in [0.5, 0.6) is 0 Å². The lowest BCUT2D eigenvalue weighted by Gasteiger charge is -2.53. The average Bonchev–Trinajstić information content (AvgIpc) is 3.23. The van der Waals surface area contributed by atoms with Crippen molar-refractivity contribution in [1.29, 1.82) is 0 Å². The molecule has 0 bridgehead atoms. The molecule has 0 saturated carbocycles. The first-order valence-electron chi connectivity index (χ1n) is 23.6. The summed E-state index contributed by atoms with van der Waals surface area (Å²) in [7, 11) is 3.30. The molecule has 1 aromatic carbocycles. The van der Waals surface area contributed by atoms with Gasteiger partial charge in [-0.25, -0.2) is 4.79 Å². The standard InChI is InChI=1S/C48H84N4O12/c1-15-22-49-27-48(59)33(8)61-37(25-45(48,9)10)63-39-30(5)41(64-43-38(53)35(23-29(4)60-43)52(14)44(56)51(13)34-20-18-17-19-21-34)46(11,57)24-28(3)26-50-32(7)40(54)47(12,58)36(16-2)62-42(55)31(39)6/h17-21,28-33,35-41,43,49-50,53-54,57-59H,15-16,22-27H2,1-14H3/t28-,29-,30+,31-,32-,33+,35+,36-,37+,38-,39+,40-,41-,43+,46-,47-,48+/m1/s1. The number of rotatable bonds is 11. The van der Waals surface area contributed by atoms with E-state index in [-0.39, 0.29) is 31.2 Å². The Kier molecular flexibility index (Phi) is 18.7. The number of aliphatic hydroxyl groups excluding tert-OH is 2. The van der Waals surface area contributed by atoms with E-state index in [0.29, 0.717) is 25.2 Å². The van der Waals surface area contributed by atoms with E-state index in [1.807, 2.05) is 58.0 Å². The molecule has 0 spiro atoms. The van der Waals surface area contributed by atoms with Crippen molar-refractivity contribution < 1.29 is 58.8 Å². The van der Waals surface area contributed by atoms with Crippen molar-refractivity contribution in [2.45, 2.75) is 199 Å². The Balaban J connectivity index is 1.78. The molecule has 17 atom stereocenters. The lowest BCUT2D eigenvalue weighted by atomic mass is 9.67. The van der Waals surface area contributed by atoms with Crippen LogP contribution >= 0.6 is 0 Å². The maximum absolute atomic E-state index is 14.5. The van der Waals surface area contributed by atoms with Crippen LogP contribution in [-0.4, -0.2) is 160 Å². The minimum absolute atomic E-state index is 0.154. The number of urea groups is 1. The van der Waals surface area contributed by atoms with Gasteiger partial charge in [-0.1, -0.05) is 59.7 Å². The Morgan fingerprint density at radius 2 is 1.58 bits per heavy atom. The van der Waals surface area contributed by atoms with E-state index in [0.717, 1.165) is 13.0 Å². The highest BCUT2D eigenvalue weighted by Crippen LogP contribution is 2.46. The number of nitrogens with one attached hydrogen (secondary N) is 2. The van der Waals surface area contributed by atoms with Crippen LogP contribution in [0.4, 0.5) is 10.5 Å². The van der Waals surface area contributed by atoms with Crippen LogP contribution in [0, 0.1) is 23.2 Å². The Hall–Kier alpha value is -2.48. The zero-order valence-corrected chi connectivity index (χ0v) is 41.1. The highest BCUT2D eigenvalue weighted by Gasteiger charge is 2.56. The number of esters is 1. The molecule has 0 aliphatic carbocycles. The molecule has 7 N–H and O–H groups in total. The van der Waals surface area contributed by atoms with E-state index in [2.05, 4.69) is 17.6 Å². The molecule has 0 radical (unpaired) electrons. The summed E-state index contributed by atoms with van der Waals surface area (Å²) < 4.78 is 32.6. The third-order valence-electron chi connectivity index (χ3n) is 14.5. The number of benzene rings is 1. The van der Waals surface area contributed by atoms with Crippen LogP contribution in [0.3, 0.4) is 0 Å². The maximum atomic E-state index is 14.5. The van der Waals surface area contributed by atoms with E-state index >= 15 is 0 Å². The molecular formula is C48H84N4O12. The first-order valence-corrected chi connectivity index (χ1v) is 23.6. The molecule has 64 heavy (non-hydrogen) atoms. The molecule has 1 aromatic rings. The van der Waals surface area contributed by atoms with Gasteiger partial charge in [-0.2, -0.15) is 0 Å². The van der Waals surface area contributed by atoms with Gasteiger partial charge < -0.3 is 64.8 Å². The summed E-state index contributed by atoms with van der Waals surface area (Å²) in [5.41, 5.74) is -4.81. The van der Waals surface area contributed by atoms with Crippen molar-refractivity contribution in [2.75, 3.05) is 38.6 Å². The Morgan fingerprint density at radius 1 is 0.938 bits per heavy atom. The van der Waals surface area contributed by atoms with Gasteiger partial charge in [0, 0.05) is 50.1 Å². The zero-order chi connectivity index (χ0) is 48.1. The van der Waals surface area contributed by atoms with Crippen LogP contribution in [-0.2, 0) is 28.5 Å². The lowest BCUT2D eigenvalue weighted by molar-refractivity contribution is -0.322. The highest BCUT2D eigenvalue weighted by atomic mass is 16.7. The number of aliphatic hydroxyl groups is 5. The van der Waals surface area contributed by atoms with Crippen molar-refractivity contribution >= 4 is 17.7 Å². The second kappa shape index (κ2) is 22.1. The van der Waals surface area contributed by atoms with Crippen LogP contribution in [0.25, 0.3) is 0 Å². The topological polar surface area (TPSA) is 212 Å². The number of para-hydroxylation sites is 1. The number of nitrogens with zero attached hydrogens (tertiary/aromatic N) is 2. The molecule has 3 saturated heterocycles. The summed E-state index contributed by atoms with van der Waals surface area (Å²) in [5.74, 6) is -2.84. The second-order valence-corrected chi connectivity index (χ2v) is 20.5. The number of likely N-dealkylation sites (N-methyl/N-ethyl adjacent to an activating group) is 1. The van der Waals surface area contributed by atoms with Gasteiger partial charge in [-0.05, 0) is 98.4 Å². The van der Waals surface area contributed by atoms with Crippen molar-refractivity contribution in [3.05, 3.63) is 30.3 Å². The van der Waals surface area contributed by atoms with Gasteiger partial charge in [0.2, 0.25) is 0 Å². The molecule has 0 unspecified atom stereocenters. The van der Waals surface area contributed by atoms with Crippen molar-refractivity contribution in [1.82, 2.24) is 15.5 Å². The van der Waals surface area contributed by atoms with Gasteiger partial charge in [0.25, 0.3) is 0 Å². The van der Waals surface area contributed by atoms with Crippen molar-refractivity contribution in [3.8, 4) is 0 Å². The molecule has 16 heteroatoms. The number of hydrogen-bond donors (Lipinski definition) is 7. The first-order chi connectivity index (χ1) is 29.7. The number of carbonyl (C=O) groups is 2. The largest absolute Gasteiger partial charge is 0.459 e. The van der Waals surface area contributed by atoms with Gasteiger partial charge in [0.15, 0.2) is 12.6 Å². The fourth-order valence-electron chi connectivity index (χ4n) is 10.2. The van der Waals surface area contributed by atoms with Crippen molar-refractivity contribution in [3.63, 3.8) is 0 Å². The zero-order valence-electron chi connectivity index (χ0n) is 41.1. The van der Waals surface area contributed by atoms with Gasteiger partial charge in [0.1, 0.15) is 29.5 Å². The van der Waals surface area contributed by atoms with Crippen LogP contribution in [0.1, 0.15) is 115 Å². The minimum Gasteiger partial charge on any atom is -0.459 e. The molecule has 4 rings (SSSR count). The fraction of sp³-hybridized carbons (Fsp3) is 0.833. The van der Waals surface area contributed by atoms with E-state index in [1.165, 1.54) is 16.7 Å². The SMILES string of the molecule is CCCNC[C@]1(O)[C@H](C)O[C@@H](O[C@H]2[C@H](C)[C@@H](O[C@@H]3O[C@H](C)C[C@H](N(C)C(=O)N(C)c4ccccc4)[C@H]3O)[C@](C)(O)C[C@@H](C)CN[C@H](C)[C@@H](O)[C@](C)(O)[C@@H](CC)OC(=O)[C@@H]2C)CC1(C)C. The third-order valence-corrected chi connectivity index (χ3v) is 14.5. The normalized spacial score (nSPS) is 41.6. The van der Waals surface area contributed by atoms with Crippen molar-refractivity contribution in [2.24, 2.45) is 23.2 Å². The molecule has 3 fully saturated rings. The first kappa shape index (κ1) is 54.1. The average molecular weight is 909 g/mol. The maximum Gasteiger partial charge on any atom is 0.324 e. The number of ether oxygens (including phenoxy) is 5. The number of cyclic esters (lactones) is 1. The van der Waals surface area contributed by atoms with Crippen LogP contribution in [0.2, 0.25) is 0 Å². The quantitative estimate of drug-likeness (QED) is 0.123. The number of anilines is 1. The van der Waals surface area contributed by atoms with Gasteiger partial charge in [-0.3, -0.25) is 9.69 Å². The van der Waals surface area contributed by atoms with E-state index in [1.54, 1.807) is 55.6 Å². The summed E-state index contributed by atoms with van der Waals surface area (Å²) in [4.78, 5) is 31.3. The smallest absolute Gasteiger partial charge is 0.324 e. The molecule has 3 aliphatic rings. The Morgan fingerprint density at radius 3 is 2.17 bits per heavy atom. The molecule has 0 aromatic heterocycles. The fourth-order valence-corrected chi connectivity index (χ4v) is 10.2. The lowest BCUT2D eigenvalue weighted by Crippen LogP contribution is -2.65. The third kappa shape index (κ3) is 12.2. The second-order valence-electron chi connectivity index (χ2n) is 20.5. The van der Waals surface area contributed by atoms with Gasteiger partial charge in [0.05, 0.1) is 42.0 Å². The van der Waals surface area contributed by atoms with E-state index in [4.69, 9.17) is 23.7 Å². The Bertz CT molecular complexity index is 1640. The molecule has 2 amide bonds. The van der Waals surface area contributed by atoms with Gasteiger partial charge in [-0.15, -0.1) is 0 Å². The summed E-state index contributed by atoms with van der Waals surface area (Å²) >= 11 is 0. The monoisotopic (exact) mass is 909 g/mol. The molecular weight excluding hydrogens is 825 g/mol. The highest BCUT2D eigenvalue weighted by molar-refractivity contribution is 5.91. The molecule has 16 nitrogen and oxygen atoms in total. The van der Waals surface area contributed by atoms with E-state index in [9.17, 15) is 35.1 Å². The van der Waals surface area contributed by atoms with Gasteiger partial charge >= 0.3 is 12.0 Å². The summed E-state index contributed by atoms with van der Waals surface area (Å²) in [6.07, 6.45) is -7.66. The molecule has 3 heterocycles. The van der Waals surface area contributed by atoms with Crippen LogP contribution < -0.4 is 15.5 Å². The molecule has 3 aliphatic heterocycles. The predicted molar refractivity (Wildman–Crippen MR) is 244 cm³/mol. The molecule has 368 valence electrons. The predicted octanol–water partition coefficient (Wildman–Crippen LogP) is 4.18. The Labute approximate surface area is 382 Å². The number of hydrogen-bond acceptors (Lipinski definition) is 14. The van der Waals surface area contributed by atoms with Crippen LogP contribution in [0.15, 0.2) is 30.3 Å². The minimum atomic E-state index is -1.84. The summed E-state index contributed by atoms with van der Waals surface area (Å²) in [6, 6.07) is 7.48. The number of amides is 2.